The van der Waals surface area contributed by atoms with Gasteiger partial charge in [-0.15, -0.1) is 0 Å². The minimum atomic E-state index is -0.656. The molecule has 2 saturated heterocycles. The van der Waals surface area contributed by atoms with Gasteiger partial charge in [0.2, 0.25) is 11.8 Å². The molecule has 2 aliphatic heterocycles. The summed E-state index contributed by atoms with van der Waals surface area (Å²) >= 11 is 0. The predicted molar refractivity (Wildman–Crippen MR) is 61.2 cm³/mol. The van der Waals surface area contributed by atoms with Gasteiger partial charge in [-0.1, -0.05) is 6.42 Å². The molecule has 0 aromatic carbocycles. The molecular weight excluding hydrogens is 222 g/mol. The van der Waals surface area contributed by atoms with Crippen LogP contribution in [0.2, 0.25) is 0 Å². The van der Waals surface area contributed by atoms with Gasteiger partial charge in [-0.05, 0) is 19.4 Å². The molecule has 96 valence electrons. The number of ether oxygens (including phenoxy) is 1. The van der Waals surface area contributed by atoms with Crippen molar-refractivity contribution in [1.82, 2.24) is 10.2 Å². The van der Waals surface area contributed by atoms with E-state index in [0.717, 1.165) is 25.8 Å². The van der Waals surface area contributed by atoms with E-state index < -0.39 is 12.0 Å². The largest absolute Gasteiger partial charge is 0.367 e. The number of morpholine rings is 1. The highest BCUT2D eigenvalue weighted by Crippen LogP contribution is 2.12. The van der Waals surface area contributed by atoms with E-state index in [2.05, 4.69) is 5.32 Å². The summed E-state index contributed by atoms with van der Waals surface area (Å²) in [7, 11) is 0. The van der Waals surface area contributed by atoms with Crippen molar-refractivity contribution in [2.45, 2.75) is 31.4 Å². The number of nitrogens with one attached hydrogen (secondary N) is 1. The van der Waals surface area contributed by atoms with Crippen LogP contribution >= 0.6 is 0 Å². The fourth-order valence-corrected chi connectivity index (χ4v) is 2.30. The lowest BCUT2D eigenvalue weighted by atomic mass is 10.0. The molecule has 2 atom stereocenters. The minimum absolute atomic E-state index is 0.0688. The summed E-state index contributed by atoms with van der Waals surface area (Å²) in [6.07, 6.45) is 2.41. The van der Waals surface area contributed by atoms with E-state index in [1.54, 1.807) is 4.90 Å². The van der Waals surface area contributed by atoms with E-state index in [0.29, 0.717) is 13.2 Å². The van der Waals surface area contributed by atoms with E-state index in [4.69, 9.17) is 10.5 Å². The molecule has 17 heavy (non-hydrogen) atoms. The zero-order valence-electron chi connectivity index (χ0n) is 9.85. The summed E-state index contributed by atoms with van der Waals surface area (Å²) in [6.45, 7) is 2.10. The van der Waals surface area contributed by atoms with Crippen molar-refractivity contribution in [3.05, 3.63) is 0 Å². The number of piperidine rings is 1. The smallest absolute Gasteiger partial charge is 0.248 e. The maximum atomic E-state index is 12.2. The normalized spacial score (nSPS) is 30.0. The van der Waals surface area contributed by atoms with Crippen molar-refractivity contribution in [3.8, 4) is 0 Å². The van der Waals surface area contributed by atoms with Crippen LogP contribution in [0.1, 0.15) is 19.3 Å². The Morgan fingerprint density at radius 2 is 2.18 bits per heavy atom. The van der Waals surface area contributed by atoms with Gasteiger partial charge in [0.05, 0.1) is 19.2 Å². The summed E-state index contributed by atoms with van der Waals surface area (Å²) in [4.78, 5) is 24.9. The topological polar surface area (TPSA) is 84.7 Å². The lowest BCUT2D eigenvalue weighted by molar-refractivity contribution is -0.147. The molecule has 2 amide bonds. The number of carbonyl (C=O) groups is 2. The van der Waals surface area contributed by atoms with Gasteiger partial charge in [0.25, 0.3) is 0 Å². The Morgan fingerprint density at radius 1 is 1.35 bits per heavy atom. The summed E-state index contributed by atoms with van der Waals surface area (Å²) in [5, 5.41) is 3.21. The Balaban J connectivity index is 1.91. The Labute approximate surface area is 100 Å². The SMILES string of the molecule is NC(=O)[C@@H]1CN(C(=O)[C@H]2CCCCN2)CCO1. The van der Waals surface area contributed by atoms with Crippen LogP contribution in [0.3, 0.4) is 0 Å². The third-order valence-corrected chi connectivity index (χ3v) is 3.30. The van der Waals surface area contributed by atoms with Gasteiger partial charge in [-0.3, -0.25) is 9.59 Å². The molecule has 0 radical (unpaired) electrons. The standard InChI is InChI=1S/C11H19N3O3/c12-10(15)9-7-14(5-6-17-9)11(16)8-3-1-2-4-13-8/h8-9,13H,1-7H2,(H2,12,15)/t8-,9+/m1/s1. The zero-order chi connectivity index (χ0) is 12.3. The average Bonchev–Trinajstić information content (AvgIpc) is 2.39. The summed E-state index contributed by atoms with van der Waals surface area (Å²) in [6, 6.07) is -0.102. The molecule has 0 unspecified atom stereocenters. The van der Waals surface area contributed by atoms with Crippen LogP contribution in [0.15, 0.2) is 0 Å². The van der Waals surface area contributed by atoms with Crippen LogP contribution in [0.25, 0.3) is 0 Å². The van der Waals surface area contributed by atoms with Crippen molar-refractivity contribution >= 4 is 11.8 Å². The Morgan fingerprint density at radius 3 is 2.82 bits per heavy atom. The molecule has 0 saturated carbocycles. The van der Waals surface area contributed by atoms with Crippen LogP contribution in [-0.4, -0.2) is 55.1 Å². The van der Waals surface area contributed by atoms with Gasteiger partial charge in [0.15, 0.2) is 6.10 Å². The molecule has 0 aliphatic carbocycles. The van der Waals surface area contributed by atoms with Crippen molar-refractivity contribution in [1.29, 1.82) is 0 Å². The second-order valence-electron chi connectivity index (χ2n) is 4.55. The van der Waals surface area contributed by atoms with E-state index in [1.807, 2.05) is 0 Å². The summed E-state index contributed by atoms with van der Waals surface area (Å²) in [5.74, 6) is -0.432. The number of hydrogen-bond acceptors (Lipinski definition) is 4. The van der Waals surface area contributed by atoms with Gasteiger partial charge in [0.1, 0.15) is 0 Å². The second-order valence-corrected chi connectivity index (χ2v) is 4.55. The molecule has 3 N–H and O–H groups in total. The molecule has 6 nitrogen and oxygen atoms in total. The molecule has 0 aromatic heterocycles. The van der Waals surface area contributed by atoms with E-state index >= 15 is 0 Å². The highest BCUT2D eigenvalue weighted by molar-refractivity contribution is 5.84. The van der Waals surface area contributed by atoms with Crippen LogP contribution in [0, 0.1) is 0 Å². The highest BCUT2D eigenvalue weighted by atomic mass is 16.5. The molecule has 2 rings (SSSR count). The van der Waals surface area contributed by atoms with Gasteiger partial charge >= 0.3 is 0 Å². The van der Waals surface area contributed by atoms with E-state index in [9.17, 15) is 9.59 Å². The lowest BCUT2D eigenvalue weighted by Gasteiger charge is -2.35. The Bertz CT molecular complexity index is 302. The highest BCUT2D eigenvalue weighted by Gasteiger charge is 2.31. The first-order chi connectivity index (χ1) is 8.18. The lowest BCUT2D eigenvalue weighted by Crippen LogP contribution is -2.55. The first-order valence-corrected chi connectivity index (χ1v) is 6.11. The summed E-state index contributed by atoms with van der Waals surface area (Å²) < 4.78 is 5.22. The quantitative estimate of drug-likeness (QED) is 0.639. The van der Waals surface area contributed by atoms with E-state index in [-0.39, 0.29) is 18.5 Å². The fraction of sp³-hybridized carbons (Fsp3) is 0.818. The van der Waals surface area contributed by atoms with Gasteiger partial charge in [0, 0.05) is 6.54 Å². The first kappa shape index (κ1) is 12.3. The number of carbonyl (C=O) groups excluding carboxylic acids is 2. The Hall–Kier alpha value is -1.14. The van der Waals surface area contributed by atoms with Crippen molar-refractivity contribution < 1.29 is 14.3 Å². The predicted octanol–water partition coefficient (Wildman–Crippen LogP) is -1.16. The first-order valence-electron chi connectivity index (χ1n) is 6.11. The molecule has 2 fully saturated rings. The molecule has 0 spiro atoms. The molecule has 2 aliphatic rings. The average molecular weight is 241 g/mol. The molecule has 0 aromatic rings. The van der Waals surface area contributed by atoms with Crippen molar-refractivity contribution in [2.24, 2.45) is 5.73 Å². The maximum absolute atomic E-state index is 12.2. The monoisotopic (exact) mass is 241 g/mol. The maximum Gasteiger partial charge on any atom is 0.248 e. The number of nitrogens with two attached hydrogens (primary N) is 1. The van der Waals surface area contributed by atoms with Crippen LogP contribution < -0.4 is 11.1 Å². The second kappa shape index (κ2) is 5.46. The molecule has 2 heterocycles. The van der Waals surface area contributed by atoms with Crippen LogP contribution in [-0.2, 0) is 14.3 Å². The third kappa shape index (κ3) is 2.95. The van der Waals surface area contributed by atoms with Gasteiger partial charge < -0.3 is 20.7 Å². The van der Waals surface area contributed by atoms with Gasteiger partial charge in [-0.25, -0.2) is 0 Å². The molecular formula is C11H19N3O3. The van der Waals surface area contributed by atoms with Gasteiger partial charge in [-0.2, -0.15) is 0 Å². The number of amides is 2. The third-order valence-electron chi connectivity index (χ3n) is 3.30. The number of nitrogens with zero attached hydrogens (tertiary/aromatic N) is 1. The number of rotatable bonds is 2. The summed E-state index contributed by atoms with van der Waals surface area (Å²) in [5.41, 5.74) is 5.19. The number of hydrogen-bond donors (Lipinski definition) is 2. The Kier molecular flexibility index (Phi) is 3.96. The van der Waals surface area contributed by atoms with Crippen LogP contribution in [0.5, 0.6) is 0 Å². The van der Waals surface area contributed by atoms with E-state index in [1.165, 1.54) is 0 Å². The molecule has 6 heteroatoms. The van der Waals surface area contributed by atoms with Crippen LogP contribution in [0.4, 0.5) is 0 Å². The van der Waals surface area contributed by atoms with Crippen molar-refractivity contribution in [3.63, 3.8) is 0 Å². The minimum Gasteiger partial charge on any atom is -0.367 e. The zero-order valence-corrected chi connectivity index (χ0v) is 9.85. The fourth-order valence-electron chi connectivity index (χ4n) is 2.30. The number of primary amides is 1. The molecule has 0 bridgehead atoms. The van der Waals surface area contributed by atoms with Crippen molar-refractivity contribution in [2.75, 3.05) is 26.2 Å².